The molecule has 1 aliphatic carbocycles. The fourth-order valence-electron chi connectivity index (χ4n) is 4.12. The van der Waals surface area contributed by atoms with Gasteiger partial charge in [-0.15, -0.1) is 11.3 Å². The first kappa shape index (κ1) is 21.6. The number of hydrogen-bond acceptors (Lipinski definition) is 6. The molecular weight excluding hydrogens is 412 g/mol. The van der Waals surface area contributed by atoms with Crippen LogP contribution in [0.25, 0.3) is 0 Å². The average molecular weight is 443 g/mol. The molecule has 1 atom stereocenters. The Kier molecular flexibility index (Phi) is 6.46. The van der Waals surface area contributed by atoms with Gasteiger partial charge in [0.1, 0.15) is 5.75 Å². The highest BCUT2D eigenvalue weighted by Gasteiger charge is 2.30. The van der Waals surface area contributed by atoms with Crippen LogP contribution in [0.3, 0.4) is 0 Å². The second kappa shape index (κ2) is 9.26. The molecular formula is C23H30N4O3S. The van der Waals surface area contributed by atoms with Gasteiger partial charge in [-0.1, -0.05) is 13.8 Å². The molecule has 1 N–H and O–H groups in total. The summed E-state index contributed by atoms with van der Waals surface area (Å²) in [5, 5.41) is 4.06. The zero-order chi connectivity index (χ0) is 22.0. The van der Waals surface area contributed by atoms with Crippen molar-refractivity contribution in [1.82, 2.24) is 9.88 Å². The lowest BCUT2D eigenvalue weighted by Gasteiger charge is -2.35. The van der Waals surface area contributed by atoms with Gasteiger partial charge < -0.3 is 19.9 Å². The SMILES string of the molecule is COc1ccc(NC(=O)C2CCc3nc(N4CCN(C(=O)C(C)C)CC4)sc3C2)cc1. The Morgan fingerprint density at radius 1 is 1.16 bits per heavy atom. The molecule has 166 valence electrons. The van der Waals surface area contributed by atoms with Crippen LogP contribution in [0.2, 0.25) is 0 Å². The third kappa shape index (κ3) is 4.84. The van der Waals surface area contributed by atoms with Gasteiger partial charge in [0.25, 0.3) is 0 Å². The summed E-state index contributed by atoms with van der Waals surface area (Å²) < 4.78 is 5.17. The van der Waals surface area contributed by atoms with E-state index >= 15 is 0 Å². The molecule has 0 bridgehead atoms. The van der Waals surface area contributed by atoms with E-state index < -0.39 is 0 Å². The summed E-state index contributed by atoms with van der Waals surface area (Å²) in [5.41, 5.74) is 1.92. The number of aryl methyl sites for hydroxylation is 1. The fourth-order valence-corrected chi connectivity index (χ4v) is 5.36. The summed E-state index contributed by atoms with van der Waals surface area (Å²) in [5.74, 6) is 1.06. The van der Waals surface area contributed by atoms with Crippen molar-refractivity contribution in [2.24, 2.45) is 11.8 Å². The van der Waals surface area contributed by atoms with E-state index in [-0.39, 0.29) is 23.7 Å². The number of piperazine rings is 1. The van der Waals surface area contributed by atoms with Crippen LogP contribution >= 0.6 is 11.3 Å². The molecule has 2 aromatic rings. The smallest absolute Gasteiger partial charge is 0.227 e. The highest BCUT2D eigenvalue weighted by molar-refractivity contribution is 7.15. The Morgan fingerprint density at radius 3 is 2.52 bits per heavy atom. The first-order valence-electron chi connectivity index (χ1n) is 10.9. The molecule has 8 heteroatoms. The molecule has 1 saturated heterocycles. The van der Waals surface area contributed by atoms with Gasteiger partial charge in [-0.25, -0.2) is 4.98 Å². The molecule has 0 saturated carbocycles. The van der Waals surface area contributed by atoms with Crippen LogP contribution in [-0.2, 0) is 22.4 Å². The quantitative estimate of drug-likeness (QED) is 0.770. The van der Waals surface area contributed by atoms with E-state index in [9.17, 15) is 9.59 Å². The maximum Gasteiger partial charge on any atom is 0.227 e. The van der Waals surface area contributed by atoms with Gasteiger partial charge in [-0.05, 0) is 43.5 Å². The summed E-state index contributed by atoms with van der Waals surface area (Å²) in [7, 11) is 1.63. The number of methoxy groups -OCH3 is 1. The first-order valence-corrected chi connectivity index (χ1v) is 11.7. The number of thiazole rings is 1. The largest absolute Gasteiger partial charge is 0.497 e. The number of anilines is 2. The summed E-state index contributed by atoms with van der Waals surface area (Å²) >= 11 is 1.71. The van der Waals surface area contributed by atoms with Crippen LogP contribution in [0.1, 0.15) is 30.8 Å². The predicted molar refractivity (Wildman–Crippen MR) is 123 cm³/mol. The minimum absolute atomic E-state index is 0.0385. The minimum Gasteiger partial charge on any atom is -0.497 e. The van der Waals surface area contributed by atoms with Gasteiger partial charge in [-0.3, -0.25) is 9.59 Å². The molecule has 7 nitrogen and oxygen atoms in total. The van der Waals surface area contributed by atoms with Gasteiger partial charge in [0.15, 0.2) is 5.13 Å². The van der Waals surface area contributed by atoms with Crippen molar-refractivity contribution in [2.45, 2.75) is 33.1 Å². The van der Waals surface area contributed by atoms with Gasteiger partial charge in [0.2, 0.25) is 11.8 Å². The molecule has 1 unspecified atom stereocenters. The molecule has 1 aliphatic heterocycles. The highest BCUT2D eigenvalue weighted by atomic mass is 32.1. The number of amides is 2. The molecule has 2 amide bonds. The van der Waals surface area contributed by atoms with Crippen LogP contribution in [0, 0.1) is 11.8 Å². The molecule has 1 fully saturated rings. The standard InChI is InChI=1S/C23H30N4O3S/c1-15(2)22(29)26-10-12-27(13-11-26)23-25-19-9-4-16(14-20(19)31-23)21(28)24-17-5-7-18(30-3)8-6-17/h5-8,15-16H,4,9-14H2,1-3H3,(H,24,28). The number of aromatic nitrogens is 1. The molecule has 2 heterocycles. The Balaban J connectivity index is 1.35. The zero-order valence-electron chi connectivity index (χ0n) is 18.4. The van der Waals surface area contributed by atoms with E-state index in [1.165, 1.54) is 4.88 Å². The Morgan fingerprint density at radius 2 is 1.87 bits per heavy atom. The zero-order valence-corrected chi connectivity index (χ0v) is 19.2. The second-order valence-electron chi connectivity index (χ2n) is 8.49. The van der Waals surface area contributed by atoms with Gasteiger partial charge in [0, 0.05) is 48.6 Å². The van der Waals surface area contributed by atoms with E-state index in [1.807, 2.05) is 43.0 Å². The summed E-state index contributed by atoms with van der Waals surface area (Å²) in [6, 6.07) is 7.41. The van der Waals surface area contributed by atoms with Crippen molar-refractivity contribution in [1.29, 1.82) is 0 Å². The number of carbonyl (C=O) groups is 2. The number of ether oxygens (including phenoxy) is 1. The number of nitrogens with one attached hydrogen (secondary N) is 1. The van der Waals surface area contributed by atoms with E-state index in [1.54, 1.807) is 18.4 Å². The van der Waals surface area contributed by atoms with Gasteiger partial charge in [0.05, 0.1) is 12.8 Å². The number of nitrogens with zero attached hydrogens (tertiary/aromatic N) is 3. The molecule has 0 radical (unpaired) electrons. The third-order valence-electron chi connectivity index (χ3n) is 6.01. The highest BCUT2D eigenvalue weighted by Crippen LogP contribution is 2.35. The lowest BCUT2D eigenvalue weighted by molar-refractivity contribution is -0.134. The van der Waals surface area contributed by atoms with E-state index in [2.05, 4.69) is 10.2 Å². The summed E-state index contributed by atoms with van der Waals surface area (Å²) in [6.45, 7) is 7.01. The predicted octanol–water partition coefficient (Wildman–Crippen LogP) is 3.20. The van der Waals surface area contributed by atoms with Crippen LogP contribution < -0.4 is 15.0 Å². The van der Waals surface area contributed by atoms with Crippen LogP contribution in [-0.4, -0.2) is 55.0 Å². The van der Waals surface area contributed by atoms with Crippen molar-refractivity contribution >= 4 is 34.0 Å². The molecule has 4 rings (SSSR count). The van der Waals surface area contributed by atoms with Crippen molar-refractivity contribution < 1.29 is 14.3 Å². The average Bonchev–Trinajstić information content (AvgIpc) is 3.22. The number of hydrogen-bond donors (Lipinski definition) is 1. The van der Waals surface area contributed by atoms with E-state index in [0.717, 1.165) is 67.7 Å². The summed E-state index contributed by atoms with van der Waals surface area (Å²) in [6.07, 6.45) is 2.38. The Bertz CT molecular complexity index is 933. The first-order chi connectivity index (χ1) is 14.9. The fraction of sp³-hybridized carbons (Fsp3) is 0.522. The Labute approximate surface area is 187 Å². The van der Waals surface area contributed by atoms with Crippen molar-refractivity contribution in [2.75, 3.05) is 43.5 Å². The van der Waals surface area contributed by atoms with E-state index in [4.69, 9.17) is 9.72 Å². The lowest BCUT2D eigenvalue weighted by atomic mass is 9.90. The second-order valence-corrected chi connectivity index (χ2v) is 9.55. The van der Waals surface area contributed by atoms with Gasteiger partial charge in [-0.2, -0.15) is 0 Å². The third-order valence-corrected chi connectivity index (χ3v) is 7.19. The van der Waals surface area contributed by atoms with Crippen LogP contribution in [0.5, 0.6) is 5.75 Å². The Hall–Kier alpha value is -2.61. The monoisotopic (exact) mass is 442 g/mol. The number of carbonyl (C=O) groups excluding carboxylic acids is 2. The molecule has 1 aromatic heterocycles. The number of rotatable bonds is 5. The molecule has 1 aromatic carbocycles. The van der Waals surface area contributed by atoms with E-state index in [0.29, 0.717) is 0 Å². The minimum atomic E-state index is -0.0385. The normalized spacial score (nSPS) is 18.6. The summed E-state index contributed by atoms with van der Waals surface area (Å²) in [4.78, 5) is 35.3. The number of fused-ring (bicyclic) bond motifs is 1. The van der Waals surface area contributed by atoms with Gasteiger partial charge >= 0.3 is 0 Å². The topological polar surface area (TPSA) is 74.8 Å². The van der Waals surface area contributed by atoms with Crippen molar-refractivity contribution in [3.63, 3.8) is 0 Å². The maximum atomic E-state index is 12.8. The number of benzene rings is 1. The maximum absolute atomic E-state index is 12.8. The molecule has 31 heavy (non-hydrogen) atoms. The molecule has 0 spiro atoms. The lowest BCUT2D eigenvalue weighted by Crippen LogP contribution is -2.49. The van der Waals surface area contributed by atoms with Crippen LogP contribution in [0.4, 0.5) is 10.8 Å². The van der Waals surface area contributed by atoms with Crippen molar-refractivity contribution in [3.05, 3.63) is 34.8 Å². The van der Waals surface area contributed by atoms with Crippen molar-refractivity contribution in [3.8, 4) is 5.75 Å². The molecule has 2 aliphatic rings. The van der Waals surface area contributed by atoms with Crippen LogP contribution in [0.15, 0.2) is 24.3 Å².